The lowest BCUT2D eigenvalue weighted by Gasteiger charge is -1.99. The Kier molecular flexibility index (Phi) is 2.47. The lowest BCUT2D eigenvalue weighted by molar-refractivity contribution is 0.0690. The van der Waals surface area contributed by atoms with Gasteiger partial charge in [-0.1, -0.05) is 0 Å². The summed E-state index contributed by atoms with van der Waals surface area (Å²) in [5, 5.41) is 8.75. The van der Waals surface area contributed by atoms with Crippen LogP contribution in [-0.2, 0) is 0 Å². The number of carboxylic acids is 1. The second-order valence-electron chi connectivity index (χ2n) is 2.98. The molecule has 16 heavy (non-hydrogen) atoms. The summed E-state index contributed by atoms with van der Waals surface area (Å²) in [4.78, 5) is 32.2. The molecule has 0 atom stereocenters. The predicted molar refractivity (Wildman–Crippen MR) is 55.0 cm³/mol. The number of rotatable bonds is 2. The van der Waals surface area contributed by atoms with Gasteiger partial charge in [0, 0.05) is 12.4 Å². The number of carbonyl (C=O) groups is 1. The van der Waals surface area contributed by atoms with Crippen molar-refractivity contribution in [3.63, 3.8) is 0 Å². The molecule has 2 heterocycles. The van der Waals surface area contributed by atoms with Crippen molar-refractivity contribution in [1.82, 2.24) is 15.0 Å². The van der Waals surface area contributed by atoms with Gasteiger partial charge in [0.05, 0.1) is 5.56 Å². The van der Waals surface area contributed by atoms with E-state index >= 15 is 0 Å². The first-order valence-electron chi connectivity index (χ1n) is 4.43. The van der Waals surface area contributed by atoms with Crippen molar-refractivity contribution in [2.24, 2.45) is 0 Å². The molecule has 2 aromatic heterocycles. The van der Waals surface area contributed by atoms with Gasteiger partial charge in [-0.25, -0.2) is 14.8 Å². The van der Waals surface area contributed by atoms with Gasteiger partial charge in [0.2, 0.25) is 0 Å². The molecule has 0 unspecified atom stereocenters. The van der Waals surface area contributed by atoms with Gasteiger partial charge >= 0.3 is 5.97 Å². The SMILES string of the molecule is O=C(O)c1ccnc(-c2ccc[nH]c2=O)n1. The summed E-state index contributed by atoms with van der Waals surface area (Å²) in [6.45, 7) is 0. The molecular formula is C10H7N3O3. The summed E-state index contributed by atoms with van der Waals surface area (Å²) < 4.78 is 0. The number of H-pyrrole nitrogens is 1. The Hall–Kier alpha value is -2.50. The van der Waals surface area contributed by atoms with E-state index in [2.05, 4.69) is 15.0 Å². The van der Waals surface area contributed by atoms with Crippen molar-refractivity contribution >= 4 is 5.97 Å². The Morgan fingerprint density at radius 2 is 2.19 bits per heavy atom. The van der Waals surface area contributed by atoms with Crippen LogP contribution < -0.4 is 5.56 Å². The van der Waals surface area contributed by atoms with Gasteiger partial charge in [0.15, 0.2) is 11.5 Å². The molecule has 80 valence electrons. The molecule has 0 aliphatic rings. The van der Waals surface area contributed by atoms with Crippen LogP contribution in [0.4, 0.5) is 0 Å². The topological polar surface area (TPSA) is 95.9 Å². The maximum absolute atomic E-state index is 11.4. The predicted octanol–water partition coefficient (Wildman–Crippen LogP) is 0.530. The molecule has 0 saturated carbocycles. The van der Waals surface area contributed by atoms with E-state index in [0.29, 0.717) is 0 Å². The number of hydrogen-bond donors (Lipinski definition) is 2. The Labute approximate surface area is 89.6 Å². The van der Waals surface area contributed by atoms with Crippen molar-refractivity contribution in [3.05, 3.63) is 46.6 Å². The fourth-order valence-electron chi connectivity index (χ4n) is 1.21. The molecule has 0 bridgehead atoms. The van der Waals surface area contributed by atoms with Gasteiger partial charge in [-0.2, -0.15) is 0 Å². The minimum Gasteiger partial charge on any atom is -0.477 e. The number of aromatic carboxylic acids is 1. The highest BCUT2D eigenvalue weighted by molar-refractivity contribution is 5.85. The quantitative estimate of drug-likeness (QED) is 0.764. The van der Waals surface area contributed by atoms with Crippen molar-refractivity contribution in [3.8, 4) is 11.4 Å². The van der Waals surface area contributed by atoms with E-state index in [4.69, 9.17) is 5.11 Å². The smallest absolute Gasteiger partial charge is 0.354 e. The van der Waals surface area contributed by atoms with Gasteiger partial charge in [0.1, 0.15) is 0 Å². The highest BCUT2D eigenvalue weighted by Gasteiger charge is 2.09. The number of aromatic nitrogens is 3. The molecule has 2 N–H and O–H groups in total. The Morgan fingerprint density at radius 3 is 2.88 bits per heavy atom. The monoisotopic (exact) mass is 217 g/mol. The van der Waals surface area contributed by atoms with E-state index in [1.807, 2.05) is 0 Å². The van der Waals surface area contributed by atoms with E-state index in [1.54, 1.807) is 6.07 Å². The molecule has 0 fully saturated rings. The summed E-state index contributed by atoms with van der Waals surface area (Å²) in [7, 11) is 0. The first-order valence-corrected chi connectivity index (χ1v) is 4.43. The molecular weight excluding hydrogens is 210 g/mol. The van der Waals surface area contributed by atoms with Gasteiger partial charge < -0.3 is 10.1 Å². The highest BCUT2D eigenvalue weighted by Crippen LogP contribution is 2.08. The molecule has 0 saturated heterocycles. The lowest BCUT2D eigenvalue weighted by Crippen LogP contribution is -2.10. The number of pyridine rings is 1. The van der Waals surface area contributed by atoms with E-state index in [1.165, 1.54) is 24.5 Å². The van der Waals surface area contributed by atoms with E-state index < -0.39 is 5.97 Å². The van der Waals surface area contributed by atoms with Crippen molar-refractivity contribution in [2.75, 3.05) is 0 Å². The molecule has 0 aromatic carbocycles. The normalized spacial score (nSPS) is 10.0. The van der Waals surface area contributed by atoms with Crippen LogP contribution in [-0.4, -0.2) is 26.0 Å². The maximum atomic E-state index is 11.4. The molecule has 2 aromatic rings. The van der Waals surface area contributed by atoms with Crippen LogP contribution in [0.15, 0.2) is 35.4 Å². The van der Waals surface area contributed by atoms with Gasteiger partial charge in [-0.05, 0) is 18.2 Å². The van der Waals surface area contributed by atoms with Crippen LogP contribution in [0.5, 0.6) is 0 Å². The Bertz CT molecular complexity index is 592. The number of hydrogen-bond acceptors (Lipinski definition) is 4. The summed E-state index contributed by atoms with van der Waals surface area (Å²) in [6.07, 6.45) is 2.78. The summed E-state index contributed by atoms with van der Waals surface area (Å²) in [5.41, 5.74) is -0.260. The highest BCUT2D eigenvalue weighted by atomic mass is 16.4. The molecule has 0 amide bonds. The van der Waals surface area contributed by atoms with Crippen LogP contribution in [0.3, 0.4) is 0 Å². The molecule has 0 aliphatic carbocycles. The molecule has 2 rings (SSSR count). The third-order valence-electron chi connectivity index (χ3n) is 1.93. The summed E-state index contributed by atoms with van der Waals surface area (Å²) in [5.74, 6) is -1.06. The first-order chi connectivity index (χ1) is 7.68. The van der Waals surface area contributed by atoms with Crippen molar-refractivity contribution in [2.45, 2.75) is 0 Å². The molecule has 6 heteroatoms. The fourth-order valence-corrected chi connectivity index (χ4v) is 1.21. The zero-order valence-corrected chi connectivity index (χ0v) is 8.04. The van der Waals surface area contributed by atoms with Crippen LogP contribution >= 0.6 is 0 Å². The van der Waals surface area contributed by atoms with Crippen molar-refractivity contribution in [1.29, 1.82) is 0 Å². The minimum absolute atomic E-state index is 0.0988. The van der Waals surface area contributed by atoms with Crippen LogP contribution in [0.25, 0.3) is 11.4 Å². The summed E-state index contributed by atoms with van der Waals surface area (Å²) in [6, 6.07) is 4.41. The minimum atomic E-state index is -1.16. The van der Waals surface area contributed by atoms with E-state index in [9.17, 15) is 9.59 Å². The maximum Gasteiger partial charge on any atom is 0.354 e. The molecule has 0 spiro atoms. The van der Waals surface area contributed by atoms with Crippen molar-refractivity contribution < 1.29 is 9.90 Å². The average Bonchev–Trinajstić information content (AvgIpc) is 2.30. The summed E-state index contributed by atoms with van der Waals surface area (Å²) >= 11 is 0. The fraction of sp³-hybridized carbons (Fsp3) is 0. The van der Waals surface area contributed by atoms with Gasteiger partial charge in [0.25, 0.3) is 5.56 Å². The van der Waals surface area contributed by atoms with Gasteiger partial charge in [-0.3, -0.25) is 4.79 Å². The average molecular weight is 217 g/mol. The number of aromatic amines is 1. The number of nitrogens with zero attached hydrogens (tertiary/aromatic N) is 2. The van der Waals surface area contributed by atoms with Gasteiger partial charge in [-0.15, -0.1) is 0 Å². The van der Waals surface area contributed by atoms with Crippen LogP contribution in [0, 0.1) is 0 Å². The van der Waals surface area contributed by atoms with E-state index in [0.717, 1.165) is 0 Å². The zero-order valence-electron chi connectivity index (χ0n) is 8.04. The number of nitrogens with one attached hydrogen (secondary N) is 1. The lowest BCUT2D eigenvalue weighted by atomic mass is 10.2. The van der Waals surface area contributed by atoms with Crippen LogP contribution in [0.2, 0.25) is 0 Å². The molecule has 0 aliphatic heterocycles. The first kappa shape index (κ1) is 10.0. The third-order valence-corrected chi connectivity index (χ3v) is 1.93. The Balaban J connectivity index is 2.57. The molecule has 0 radical (unpaired) electrons. The van der Waals surface area contributed by atoms with E-state index in [-0.39, 0.29) is 22.6 Å². The Morgan fingerprint density at radius 1 is 1.38 bits per heavy atom. The second kappa shape index (κ2) is 3.93. The van der Waals surface area contributed by atoms with Crippen LogP contribution in [0.1, 0.15) is 10.5 Å². The largest absolute Gasteiger partial charge is 0.477 e. The zero-order chi connectivity index (χ0) is 11.5. The second-order valence-corrected chi connectivity index (χ2v) is 2.98. The standard InChI is InChI=1S/C10H7N3O3/c14-9-6(2-1-4-12-9)8-11-5-3-7(13-8)10(15)16/h1-5H,(H,12,14)(H,15,16). The third kappa shape index (κ3) is 1.81. The number of carboxylic acid groups (broad SMARTS) is 1. The molecule has 6 nitrogen and oxygen atoms in total.